The van der Waals surface area contributed by atoms with Gasteiger partial charge in [-0.05, 0) is 59.5 Å². The highest BCUT2D eigenvalue weighted by molar-refractivity contribution is 6.12. The molecule has 2 aromatic heterocycles. The minimum atomic E-state index is 0.205. The van der Waals surface area contributed by atoms with Crippen LogP contribution in [-0.2, 0) is 0 Å². The number of fused-ring (bicyclic) bond motifs is 6. The Morgan fingerprint density at radius 2 is 1.20 bits per heavy atom. The van der Waals surface area contributed by atoms with Crippen molar-refractivity contribution in [1.29, 1.82) is 0 Å². The molecule has 2 atom stereocenters. The van der Waals surface area contributed by atoms with Gasteiger partial charge in [-0.1, -0.05) is 140 Å². The van der Waals surface area contributed by atoms with Gasteiger partial charge in [0.15, 0.2) is 0 Å². The normalized spacial score (nSPS) is 16.3. The average Bonchev–Trinajstić information content (AvgIpc) is 3.66. The van der Waals surface area contributed by atoms with Crippen LogP contribution in [0.4, 0.5) is 0 Å². The summed E-state index contributed by atoms with van der Waals surface area (Å²) in [7, 11) is 0. The van der Waals surface area contributed by atoms with Crippen molar-refractivity contribution >= 4 is 56.3 Å². The lowest BCUT2D eigenvalue weighted by atomic mass is 9.83. The number of hydrogen-bond acceptors (Lipinski definition) is 2. The van der Waals surface area contributed by atoms with E-state index in [2.05, 4.69) is 138 Å². The fourth-order valence-corrected chi connectivity index (χ4v) is 7.60. The van der Waals surface area contributed by atoms with Gasteiger partial charge in [-0.25, -0.2) is 4.68 Å². The molecule has 2 N–H and O–H groups in total. The van der Waals surface area contributed by atoms with Crippen LogP contribution in [0, 0.1) is 5.92 Å². The molecule has 1 aliphatic rings. The topological polar surface area (TPSA) is 48.2 Å². The number of allylic oxidation sites excluding steroid dienone is 1. The molecule has 8 aromatic rings. The largest absolute Gasteiger partial charge is 0.398 e. The molecule has 0 saturated heterocycles. The maximum atomic E-state index is 6.68. The molecule has 6 aromatic carbocycles. The van der Waals surface area contributed by atoms with Crippen LogP contribution in [0.3, 0.4) is 0 Å². The van der Waals surface area contributed by atoms with Crippen molar-refractivity contribution in [3.63, 3.8) is 0 Å². The van der Waals surface area contributed by atoms with E-state index in [-0.39, 0.29) is 11.8 Å². The lowest BCUT2D eigenvalue weighted by molar-refractivity contribution is 0.686. The van der Waals surface area contributed by atoms with Crippen LogP contribution in [0.25, 0.3) is 56.2 Å². The molecule has 0 radical (unpaired) electrons. The van der Waals surface area contributed by atoms with Crippen LogP contribution in [0.15, 0.2) is 169 Å². The van der Waals surface area contributed by atoms with E-state index >= 15 is 0 Å². The summed E-state index contributed by atoms with van der Waals surface area (Å²) in [6.07, 6.45) is 6.85. The SMILES string of the molecule is CC1C=c2c(c3ccccc3n2N=C(C=C(N)c2ccccc2)c2ccccc2)=CC1c1ccc2c(c1)c1ccccc1n2-c1ccccc1. The summed E-state index contributed by atoms with van der Waals surface area (Å²) in [6.45, 7) is 2.32. The van der Waals surface area contributed by atoms with Gasteiger partial charge in [0.2, 0.25) is 0 Å². The van der Waals surface area contributed by atoms with E-state index in [1.807, 2.05) is 54.6 Å². The van der Waals surface area contributed by atoms with Crippen LogP contribution in [0.2, 0.25) is 0 Å². The lowest BCUT2D eigenvalue weighted by Gasteiger charge is -2.21. The number of nitrogens with zero attached hydrogens (tertiary/aromatic N) is 3. The zero-order valence-corrected chi connectivity index (χ0v) is 27.8. The van der Waals surface area contributed by atoms with Gasteiger partial charge in [0.1, 0.15) is 0 Å². The summed E-state index contributed by atoms with van der Waals surface area (Å²) < 4.78 is 4.49. The Morgan fingerprint density at radius 3 is 1.94 bits per heavy atom. The van der Waals surface area contributed by atoms with E-state index in [4.69, 9.17) is 10.8 Å². The number of para-hydroxylation sites is 3. The molecule has 9 rings (SSSR count). The molecule has 0 saturated carbocycles. The first-order valence-corrected chi connectivity index (χ1v) is 17.2. The Balaban J connectivity index is 1.22. The first-order chi connectivity index (χ1) is 24.6. The molecule has 0 amide bonds. The third-order valence-corrected chi connectivity index (χ3v) is 10.0. The summed E-state index contributed by atoms with van der Waals surface area (Å²) in [5, 5.41) is 11.4. The Hall–Kier alpha value is -6.39. The second-order valence-electron chi connectivity index (χ2n) is 13.1. The molecular weight excluding hydrogens is 609 g/mol. The van der Waals surface area contributed by atoms with Crippen molar-refractivity contribution < 1.29 is 0 Å². The quantitative estimate of drug-likeness (QED) is 0.181. The summed E-state index contributed by atoms with van der Waals surface area (Å²) in [4.78, 5) is 0. The number of hydrogen-bond donors (Lipinski definition) is 1. The Labute approximate surface area is 291 Å². The first kappa shape index (κ1) is 29.7. The second-order valence-corrected chi connectivity index (χ2v) is 13.1. The zero-order chi connectivity index (χ0) is 33.6. The van der Waals surface area contributed by atoms with Crippen molar-refractivity contribution in [2.75, 3.05) is 0 Å². The molecule has 4 nitrogen and oxygen atoms in total. The van der Waals surface area contributed by atoms with Gasteiger partial charge in [0, 0.05) is 44.2 Å². The van der Waals surface area contributed by atoms with Crippen molar-refractivity contribution in [1.82, 2.24) is 9.24 Å². The van der Waals surface area contributed by atoms with Crippen LogP contribution < -0.4 is 16.3 Å². The maximum absolute atomic E-state index is 6.68. The molecule has 4 heteroatoms. The minimum absolute atomic E-state index is 0.205. The molecule has 50 heavy (non-hydrogen) atoms. The molecular formula is C46H36N4. The Bertz CT molecular complexity index is 2710. The number of aromatic nitrogens is 2. The first-order valence-electron chi connectivity index (χ1n) is 17.2. The summed E-state index contributed by atoms with van der Waals surface area (Å²) >= 11 is 0. The summed E-state index contributed by atoms with van der Waals surface area (Å²) in [5.41, 5.74) is 16.1. The van der Waals surface area contributed by atoms with Crippen molar-refractivity contribution in [2.45, 2.75) is 12.8 Å². The van der Waals surface area contributed by atoms with E-state index < -0.39 is 0 Å². The van der Waals surface area contributed by atoms with Crippen LogP contribution in [0.5, 0.6) is 0 Å². The van der Waals surface area contributed by atoms with Crippen LogP contribution in [-0.4, -0.2) is 15.0 Å². The molecule has 240 valence electrons. The third kappa shape index (κ3) is 5.05. The van der Waals surface area contributed by atoms with E-state index in [0.29, 0.717) is 5.70 Å². The number of benzene rings is 6. The fourth-order valence-electron chi connectivity index (χ4n) is 7.60. The predicted octanol–water partition coefficient (Wildman–Crippen LogP) is 8.99. The van der Waals surface area contributed by atoms with E-state index in [9.17, 15) is 0 Å². The lowest BCUT2D eigenvalue weighted by Crippen LogP contribution is -2.34. The molecule has 0 spiro atoms. The monoisotopic (exact) mass is 644 g/mol. The molecule has 1 aliphatic carbocycles. The summed E-state index contributed by atoms with van der Waals surface area (Å²) in [5.74, 6) is 0.446. The number of nitrogens with two attached hydrogens (primary N) is 1. The highest BCUT2D eigenvalue weighted by Crippen LogP contribution is 2.37. The van der Waals surface area contributed by atoms with Gasteiger partial charge >= 0.3 is 0 Å². The predicted molar refractivity (Wildman–Crippen MR) is 210 cm³/mol. The smallest absolute Gasteiger partial charge is 0.0933 e. The van der Waals surface area contributed by atoms with Crippen LogP contribution >= 0.6 is 0 Å². The van der Waals surface area contributed by atoms with E-state index in [1.54, 1.807) is 0 Å². The zero-order valence-electron chi connectivity index (χ0n) is 27.8. The van der Waals surface area contributed by atoms with Gasteiger partial charge < -0.3 is 10.3 Å². The highest BCUT2D eigenvalue weighted by atomic mass is 15.3. The van der Waals surface area contributed by atoms with Crippen molar-refractivity contribution in [3.05, 3.63) is 191 Å². The van der Waals surface area contributed by atoms with Crippen molar-refractivity contribution in [3.8, 4) is 5.69 Å². The Kier molecular flexibility index (Phi) is 7.28. The molecule has 0 bridgehead atoms. The van der Waals surface area contributed by atoms with Gasteiger partial charge in [-0.3, -0.25) is 0 Å². The second kappa shape index (κ2) is 12.2. The van der Waals surface area contributed by atoms with Crippen LogP contribution in [0.1, 0.15) is 29.5 Å². The average molecular weight is 645 g/mol. The molecule has 0 aliphatic heterocycles. The molecule has 2 heterocycles. The van der Waals surface area contributed by atoms with Crippen molar-refractivity contribution in [2.24, 2.45) is 16.8 Å². The summed E-state index contributed by atoms with van der Waals surface area (Å²) in [6, 6.07) is 55.4. The van der Waals surface area contributed by atoms with Gasteiger partial charge in [0.05, 0.1) is 27.6 Å². The fraction of sp³-hybridized carbons (Fsp3) is 0.0652. The molecule has 0 fully saturated rings. The maximum Gasteiger partial charge on any atom is 0.0933 e. The highest BCUT2D eigenvalue weighted by Gasteiger charge is 2.23. The Morgan fingerprint density at radius 1 is 0.600 bits per heavy atom. The standard InChI is InChI=1S/C46H36N4/c1-31-27-46-40(29-38(31)34-25-26-44-39(28-34)36-21-11-13-23-43(36)49(44)35-19-9-4-10-20-35)37-22-12-14-24-45(37)50(46)48-42(33-17-7-3-8-18-33)30-41(47)32-15-5-2-6-16-32/h2-31,38H,47H2,1H3. The van der Waals surface area contributed by atoms with E-state index in [1.165, 1.54) is 43.7 Å². The van der Waals surface area contributed by atoms with Gasteiger partial charge in [-0.2, -0.15) is 5.10 Å². The minimum Gasteiger partial charge on any atom is -0.398 e. The third-order valence-electron chi connectivity index (χ3n) is 10.0. The van der Waals surface area contributed by atoms with E-state index in [0.717, 1.165) is 27.7 Å². The number of rotatable bonds is 6. The van der Waals surface area contributed by atoms with Gasteiger partial charge in [-0.15, -0.1) is 0 Å². The van der Waals surface area contributed by atoms with Gasteiger partial charge in [0.25, 0.3) is 0 Å². The molecule has 2 unspecified atom stereocenters.